The van der Waals surface area contributed by atoms with Crippen LogP contribution < -0.4 is 10.5 Å². The van der Waals surface area contributed by atoms with E-state index < -0.39 is 0 Å². The van der Waals surface area contributed by atoms with Crippen molar-refractivity contribution < 1.29 is 9.47 Å². The van der Waals surface area contributed by atoms with Gasteiger partial charge in [0.15, 0.2) is 6.40 Å². The predicted octanol–water partition coefficient (Wildman–Crippen LogP) is 5.64. The van der Waals surface area contributed by atoms with Crippen molar-refractivity contribution in [2.24, 2.45) is 0 Å². The van der Waals surface area contributed by atoms with Crippen LogP contribution in [0.4, 0.5) is 5.69 Å². The quantitative estimate of drug-likeness (QED) is 0.160. The van der Waals surface area contributed by atoms with Gasteiger partial charge in [-0.05, 0) is 59.2 Å². The molecule has 3 aromatic rings. The molecule has 0 saturated carbocycles. The van der Waals surface area contributed by atoms with Crippen molar-refractivity contribution in [2.75, 3.05) is 5.73 Å². The molecule has 0 bridgehead atoms. The standard InChI is InChI=1S/C24H21ClN4O2/c25-20-6-1-16(2-7-20)12-22(24(29)31-15-27)18-4-8-21(9-5-18)30-14-17-3-10-23(28)19(11-17)13-26/h1-13,15,26-27,29H,14,28H2/b22-12+,26-13?,27-15?,29-24?. The molecule has 0 saturated heterocycles. The molecule has 3 aromatic carbocycles. The minimum Gasteiger partial charge on any atom is -0.489 e. The van der Waals surface area contributed by atoms with Crippen LogP contribution in [0.15, 0.2) is 66.7 Å². The van der Waals surface area contributed by atoms with Gasteiger partial charge in [0.2, 0.25) is 5.90 Å². The topological polar surface area (TPSA) is 116 Å². The van der Waals surface area contributed by atoms with Crippen LogP contribution in [0.3, 0.4) is 0 Å². The van der Waals surface area contributed by atoms with Crippen LogP contribution in [0.2, 0.25) is 5.02 Å². The van der Waals surface area contributed by atoms with Gasteiger partial charge in [0.25, 0.3) is 0 Å². The Morgan fingerprint density at radius 3 is 2.32 bits per heavy atom. The summed E-state index contributed by atoms with van der Waals surface area (Å²) in [4.78, 5) is 0. The number of nitrogen functional groups attached to an aromatic ring is 1. The maximum atomic E-state index is 8.15. The molecule has 0 aromatic heterocycles. The number of halogens is 1. The summed E-state index contributed by atoms with van der Waals surface area (Å²) in [6.07, 6.45) is 3.74. The van der Waals surface area contributed by atoms with E-state index in [0.717, 1.165) is 23.1 Å². The van der Waals surface area contributed by atoms with Gasteiger partial charge in [0, 0.05) is 28.1 Å². The minimum atomic E-state index is -0.139. The third kappa shape index (κ3) is 5.81. The average Bonchev–Trinajstić information content (AvgIpc) is 2.78. The van der Waals surface area contributed by atoms with E-state index in [9.17, 15) is 0 Å². The third-order valence-electron chi connectivity index (χ3n) is 4.48. The second-order valence-electron chi connectivity index (χ2n) is 6.60. The normalized spacial score (nSPS) is 10.9. The van der Waals surface area contributed by atoms with Crippen molar-refractivity contribution in [3.63, 3.8) is 0 Å². The fourth-order valence-corrected chi connectivity index (χ4v) is 2.99. The number of rotatable bonds is 8. The molecule has 0 radical (unpaired) electrons. The van der Waals surface area contributed by atoms with Gasteiger partial charge in [-0.15, -0.1) is 0 Å². The number of benzene rings is 3. The van der Waals surface area contributed by atoms with Crippen LogP contribution in [-0.4, -0.2) is 18.5 Å². The van der Waals surface area contributed by atoms with Crippen LogP contribution in [0.25, 0.3) is 11.6 Å². The van der Waals surface area contributed by atoms with Gasteiger partial charge in [-0.25, -0.2) is 0 Å². The Balaban J connectivity index is 1.79. The first kappa shape index (κ1) is 21.8. The van der Waals surface area contributed by atoms with Crippen LogP contribution in [0.5, 0.6) is 5.75 Å². The smallest absolute Gasteiger partial charge is 0.221 e. The fourth-order valence-electron chi connectivity index (χ4n) is 2.86. The van der Waals surface area contributed by atoms with Gasteiger partial charge >= 0.3 is 0 Å². The SMILES string of the molecule is N=COC(=N)/C(=C/c1ccc(Cl)cc1)c1ccc(OCc2ccc(N)c(C=N)c2)cc1. The molecule has 3 rings (SSSR count). The highest BCUT2D eigenvalue weighted by atomic mass is 35.5. The van der Waals surface area contributed by atoms with Crippen molar-refractivity contribution in [1.82, 2.24) is 0 Å². The Morgan fingerprint density at radius 1 is 0.968 bits per heavy atom. The van der Waals surface area contributed by atoms with Crippen LogP contribution >= 0.6 is 11.6 Å². The number of nitrogens with one attached hydrogen (secondary N) is 3. The van der Waals surface area contributed by atoms with E-state index in [1.54, 1.807) is 36.4 Å². The Hall–Kier alpha value is -3.90. The molecule has 0 fully saturated rings. The molecule has 6 nitrogen and oxygen atoms in total. The zero-order valence-corrected chi connectivity index (χ0v) is 17.3. The van der Waals surface area contributed by atoms with E-state index in [1.807, 2.05) is 36.4 Å². The van der Waals surface area contributed by atoms with Crippen LogP contribution in [0.1, 0.15) is 22.3 Å². The maximum Gasteiger partial charge on any atom is 0.221 e. The fraction of sp³-hybridized carbons (Fsp3) is 0.0417. The van der Waals surface area contributed by atoms with E-state index >= 15 is 0 Å². The van der Waals surface area contributed by atoms with Gasteiger partial charge in [-0.1, -0.05) is 41.9 Å². The first-order valence-corrected chi connectivity index (χ1v) is 9.72. The zero-order chi connectivity index (χ0) is 22.2. The lowest BCUT2D eigenvalue weighted by Gasteiger charge is -2.11. The van der Waals surface area contributed by atoms with Crippen molar-refractivity contribution in [3.05, 3.63) is 94.0 Å². The molecule has 0 heterocycles. The Kier molecular flexibility index (Phi) is 7.19. The summed E-state index contributed by atoms with van der Waals surface area (Å²) < 4.78 is 10.8. The van der Waals surface area contributed by atoms with E-state index in [-0.39, 0.29) is 5.90 Å². The third-order valence-corrected chi connectivity index (χ3v) is 4.73. The largest absolute Gasteiger partial charge is 0.489 e. The summed E-state index contributed by atoms with van der Waals surface area (Å²) in [6, 6.07) is 19.9. The molecule has 0 atom stereocenters. The number of anilines is 1. The summed E-state index contributed by atoms with van der Waals surface area (Å²) >= 11 is 5.94. The lowest BCUT2D eigenvalue weighted by molar-refractivity contribution is 0.306. The summed E-state index contributed by atoms with van der Waals surface area (Å²) in [5, 5.41) is 23.3. The van der Waals surface area contributed by atoms with Gasteiger partial charge < -0.3 is 20.6 Å². The Morgan fingerprint density at radius 2 is 1.68 bits per heavy atom. The van der Waals surface area contributed by atoms with E-state index in [0.29, 0.717) is 34.2 Å². The highest BCUT2D eigenvalue weighted by molar-refractivity contribution is 6.30. The van der Waals surface area contributed by atoms with Crippen molar-refractivity contribution in [3.8, 4) is 5.75 Å². The molecule has 0 aliphatic carbocycles. The summed E-state index contributed by atoms with van der Waals surface area (Å²) in [6.45, 7) is 0.334. The molecule has 0 unspecified atom stereocenters. The molecule has 0 aliphatic heterocycles. The number of hydrogen-bond acceptors (Lipinski definition) is 6. The summed E-state index contributed by atoms with van der Waals surface area (Å²) in [7, 11) is 0. The molecule has 156 valence electrons. The van der Waals surface area contributed by atoms with E-state index in [1.165, 1.54) is 6.21 Å². The van der Waals surface area contributed by atoms with Crippen molar-refractivity contribution in [1.29, 1.82) is 16.2 Å². The molecule has 0 spiro atoms. The monoisotopic (exact) mass is 432 g/mol. The van der Waals surface area contributed by atoms with Gasteiger partial charge in [-0.2, -0.15) is 0 Å². The molecular weight excluding hydrogens is 412 g/mol. The number of ether oxygens (including phenoxy) is 2. The highest BCUT2D eigenvalue weighted by Crippen LogP contribution is 2.24. The Labute approximate surface area is 185 Å². The maximum absolute atomic E-state index is 8.15. The second-order valence-corrected chi connectivity index (χ2v) is 7.03. The molecule has 0 aliphatic rings. The van der Waals surface area contributed by atoms with E-state index in [2.05, 4.69) is 0 Å². The van der Waals surface area contributed by atoms with Crippen LogP contribution in [0, 0.1) is 16.2 Å². The van der Waals surface area contributed by atoms with Crippen LogP contribution in [-0.2, 0) is 11.3 Å². The molecular formula is C24H21ClN4O2. The lowest BCUT2D eigenvalue weighted by atomic mass is 10.0. The van der Waals surface area contributed by atoms with Crippen molar-refractivity contribution >= 4 is 47.5 Å². The highest BCUT2D eigenvalue weighted by Gasteiger charge is 2.11. The predicted molar refractivity (Wildman–Crippen MR) is 126 cm³/mol. The van der Waals surface area contributed by atoms with Gasteiger partial charge in [0.05, 0.1) is 0 Å². The molecule has 5 N–H and O–H groups in total. The second kappa shape index (κ2) is 10.2. The number of hydrogen-bond donors (Lipinski definition) is 4. The van der Waals surface area contributed by atoms with E-state index in [4.69, 9.17) is 43.0 Å². The first-order chi connectivity index (χ1) is 15.0. The summed E-state index contributed by atoms with van der Waals surface area (Å²) in [5.41, 5.74) is 10.0. The summed E-state index contributed by atoms with van der Waals surface area (Å²) in [5.74, 6) is 0.516. The molecule has 0 amide bonds. The molecule has 7 heteroatoms. The lowest BCUT2D eigenvalue weighted by Crippen LogP contribution is -2.05. The minimum absolute atomic E-state index is 0.139. The van der Waals surface area contributed by atoms with Crippen molar-refractivity contribution in [2.45, 2.75) is 6.61 Å². The van der Waals surface area contributed by atoms with Gasteiger partial charge in [0.1, 0.15) is 12.4 Å². The zero-order valence-electron chi connectivity index (χ0n) is 16.6. The average molecular weight is 433 g/mol. The molecule has 31 heavy (non-hydrogen) atoms. The van der Waals surface area contributed by atoms with Gasteiger partial charge in [-0.3, -0.25) is 10.8 Å². The Bertz CT molecular complexity index is 1120. The first-order valence-electron chi connectivity index (χ1n) is 9.34. The number of nitrogens with two attached hydrogens (primary N) is 1.